The molecule has 0 bridgehead atoms. The number of hydrogen-bond acceptors (Lipinski definition) is 4. The van der Waals surface area contributed by atoms with Crippen LogP contribution in [0.1, 0.15) is 24.2 Å². The summed E-state index contributed by atoms with van der Waals surface area (Å²) in [4.78, 5) is 11.0. The summed E-state index contributed by atoms with van der Waals surface area (Å²) in [5, 5.41) is 0. The van der Waals surface area contributed by atoms with Gasteiger partial charge in [-0.3, -0.25) is 0 Å². The molecule has 1 aromatic carbocycles. The number of aryl methyl sites for hydroxylation is 1. The quantitative estimate of drug-likeness (QED) is 0.855. The van der Waals surface area contributed by atoms with E-state index < -0.39 is 0 Å². The van der Waals surface area contributed by atoms with Gasteiger partial charge in [0.2, 0.25) is 0 Å². The van der Waals surface area contributed by atoms with Crippen LogP contribution in [0.2, 0.25) is 0 Å². The fraction of sp³-hybridized carbons (Fsp3) is 0.375. The number of benzene rings is 1. The Morgan fingerprint density at radius 3 is 2.35 bits per heavy atom. The Kier molecular flexibility index (Phi) is 4.35. The van der Waals surface area contributed by atoms with E-state index in [1.54, 1.807) is 7.11 Å². The zero-order chi connectivity index (χ0) is 14.7. The highest BCUT2D eigenvalue weighted by atomic mass is 16.5. The molecule has 1 heterocycles. The van der Waals surface area contributed by atoms with Gasteiger partial charge in [-0.25, -0.2) is 9.97 Å². The first-order valence-corrected chi connectivity index (χ1v) is 6.67. The van der Waals surface area contributed by atoms with E-state index in [9.17, 15) is 0 Å². The first kappa shape index (κ1) is 14.5. The summed E-state index contributed by atoms with van der Waals surface area (Å²) < 4.78 is 5.31. The molecule has 0 saturated carbocycles. The molecule has 0 spiro atoms. The Labute approximate surface area is 120 Å². The van der Waals surface area contributed by atoms with Crippen molar-refractivity contribution in [2.45, 2.75) is 20.0 Å². The van der Waals surface area contributed by atoms with Gasteiger partial charge in [0.1, 0.15) is 5.82 Å². The predicted octanol–water partition coefficient (Wildman–Crippen LogP) is 3.23. The van der Waals surface area contributed by atoms with Gasteiger partial charge in [0, 0.05) is 38.5 Å². The highest BCUT2D eigenvalue weighted by molar-refractivity contribution is 5.59. The summed E-state index contributed by atoms with van der Waals surface area (Å²) in [6, 6.07) is 8.19. The summed E-state index contributed by atoms with van der Waals surface area (Å²) in [6.45, 7) is 4.05. The van der Waals surface area contributed by atoms with Gasteiger partial charge in [-0.15, -0.1) is 0 Å². The Bertz CT molecular complexity index is 579. The minimum Gasteiger partial charge on any atom is -0.377 e. The molecule has 2 aromatic rings. The van der Waals surface area contributed by atoms with Gasteiger partial charge in [0.25, 0.3) is 0 Å². The molecule has 4 heteroatoms. The first-order chi connectivity index (χ1) is 9.52. The number of rotatable bonds is 4. The van der Waals surface area contributed by atoms with Crippen molar-refractivity contribution in [2.75, 3.05) is 26.1 Å². The predicted molar refractivity (Wildman–Crippen MR) is 82.0 cm³/mol. The maximum absolute atomic E-state index is 5.31. The molecule has 1 atom stereocenters. The number of aromatic nitrogens is 2. The van der Waals surface area contributed by atoms with Crippen LogP contribution in [0.25, 0.3) is 11.4 Å². The number of anilines is 1. The Balaban J connectivity index is 2.34. The summed E-state index contributed by atoms with van der Waals surface area (Å²) in [5.74, 6) is 1.69. The second kappa shape index (κ2) is 6.01. The lowest BCUT2D eigenvalue weighted by atomic mass is 10.1. The van der Waals surface area contributed by atoms with E-state index in [0.29, 0.717) is 0 Å². The minimum absolute atomic E-state index is 0.0975. The maximum atomic E-state index is 5.31. The molecule has 106 valence electrons. The molecular weight excluding hydrogens is 250 g/mol. The van der Waals surface area contributed by atoms with Crippen molar-refractivity contribution < 1.29 is 4.74 Å². The fourth-order valence-corrected chi connectivity index (χ4v) is 2.06. The van der Waals surface area contributed by atoms with Crippen LogP contribution in [-0.4, -0.2) is 31.2 Å². The van der Waals surface area contributed by atoms with Crippen molar-refractivity contribution in [1.82, 2.24) is 9.97 Å². The van der Waals surface area contributed by atoms with E-state index in [-0.39, 0.29) is 6.10 Å². The second-order valence-corrected chi connectivity index (χ2v) is 5.09. The van der Waals surface area contributed by atoms with E-state index in [1.807, 2.05) is 51.2 Å². The van der Waals surface area contributed by atoms with Crippen molar-refractivity contribution in [3.63, 3.8) is 0 Å². The van der Waals surface area contributed by atoms with E-state index in [4.69, 9.17) is 4.74 Å². The zero-order valence-corrected chi connectivity index (χ0v) is 12.7. The van der Waals surface area contributed by atoms with Gasteiger partial charge in [0.05, 0.1) is 6.10 Å². The van der Waals surface area contributed by atoms with Crippen LogP contribution in [0.5, 0.6) is 0 Å². The molecule has 1 aromatic heterocycles. The molecule has 0 amide bonds. The molecule has 0 aliphatic heterocycles. The van der Waals surface area contributed by atoms with Gasteiger partial charge in [-0.1, -0.05) is 24.3 Å². The third-order valence-electron chi connectivity index (χ3n) is 3.36. The molecule has 4 nitrogen and oxygen atoms in total. The van der Waals surface area contributed by atoms with Crippen LogP contribution in [0, 0.1) is 6.92 Å². The van der Waals surface area contributed by atoms with Crippen LogP contribution < -0.4 is 4.90 Å². The lowest BCUT2D eigenvalue weighted by Crippen LogP contribution is -2.13. The van der Waals surface area contributed by atoms with Crippen molar-refractivity contribution in [3.8, 4) is 11.4 Å². The lowest BCUT2D eigenvalue weighted by molar-refractivity contribution is 0.119. The van der Waals surface area contributed by atoms with Crippen LogP contribution in [-0.2, 0) is 4.74 Å². The van der Waals surface area contributed by atoms with Crippen LogP contribution in [0.3, 0.4) is 0 Å². The third kappa shape index (κ3) is 2.96. The van der Waals surface area contributed by atoms with Crippen LogP contribution in [0.4, 0.5) is 5.82 Å². The molecule has 20 heavy (non-hydrogen) atoms. The number of nitrogens with zero attached hydrogens (tertiary/aromatic N) is 3. The average Bonchev–Trinajstić information content (AvgIpc) is 2.47. The van der Waals surface area contributed by atoms with Crippen LogP contribution in [0.15, 0.2) is 30.5 Å². The van der Waals surface area contributed by atoms with E-state index in [2.05, 4.69) is 22.1 Å². The smallest absolute Gasteiger partial charge is 0.161 e. The Morgan fingerprint density at radius 1 is 1.15 bits per heavy atom. The van der Waals surface area contributed by atoms with Crippen molar-refractivity contribution in [1.29, 1.82) is 0 Å². The molecule has 0 saturated heterocycles. The molecule has 0 aliphatic rings. The van der Waals surface area contributed by atoms with E-state index in [1.165, 1.54) is 0 Å². The second-order valence-electron chi connectivity index (χ2n) is 5.09. The molecule has 2 rings (SSSR count). The minimum atomic E-state index is 0.0975. The molecule has 1 unspecified atom stereocenters. The topological polar surface area (TPSA) is 38.2 Å². The standard InChI is InChI=1S/C16H21N3O/c1-11-10-17-15(18-16(11)19(3)4)14-8-6-13(7-9-14)12(2)20-5/h6-10,12H,1-5H3. The van der Waals surface area contributed by atoms with Gasteiger partial charge in [-0.2, -0.15) is 0 Å². The van der Waals surface area contributed by atoms with Gasteiger partial charge >= 0.3 is 0 Å². The molecule has 0 fully saturated rings. The zero-order valence-electron chi connectivity index (χ0n) is 12.7. The Hall–Kier alpha value is -1.94. The molecular formula is C16H21N3O. The summed E-state index contributed by atoms with van der Waals surface area (Å²) in [6.07, 6.45) is 1.96. The normalized spacial score (nSPS) is 12.2. The molecule has 0 radical (unpaired) electrons. The third-order valence-corrected chi connectivity index (χ3v) is 3.36. The highest BCUT2D eigenvalue weighted by Crippen LogP contribution is 2.23. The average molecular weight is 271 g/mol. The van der Waals surface area contributed by atoms with Crippen molar-refractivity contribution in [3.05, 3.63) is 41.6 Å². The number of ether oxygens (including phenoxy) is 1. The van der Waals surface area contributed by atoms with E-state index in [0.717, 1.165) is 28.3 Å². The molecule has 0 aliphatic carbocycles. The fourth-order valence-electron chi connectivity index (χ4n) is 2.06. The van der Waals surface area contributed by atoms with Crippen LogP contribution >= 0.6 is 0 Å². The SMILES string of the molecule is COC(C)c1ccc(-c2ncc(C)c(N(C)C)n2)cc1. The highest BCUT2D eigenvalue weighted by Gasteiger charge is 2.09. The van der Waals surface area contributed by atoms with Crippen molar-refractivity contribution in [2.24, 2.45) is 0 Å². The maximum Gasteiger partial charge on any atom is 0.161 e. The number of methoxy groups -OCH3 is 1. The monoisotopic (exact) mass is 271 g/mol. The molecule has 0 N–H and O–H groups in total. The van der Waals surface area contributed by atoms with Gasteiger partial charge in [-0.05, 0) is 19.4 Å². The van der Waals surface area contributed by atoms with E-state index >= 15 is 0 Å². The number of hydrogen-bond donors (Lipinski definition) is 0. The summed E-state index contributed by atoms with van der Waals surface area (Å²) >= 11 is 0. The van der Waals surface area contributed by atoms with Gasteiger partial charge < -0.3 is 9.64 Å². The van der Waals surface area contributed by atoms with Crippen molar-refractivity contribution >= 4 is 5.82 Å². The first-order valence-electron chi connectivity index (χ1n) is 6.67. The summed E-state index contributed by atoms with van der Waals surface area (Å²) in [5.41, 5.74) is 3.24. The Morgan fingerprint density at radius 2 is 1.80 bits per heavy atom. The summed E-state index contributed by atoms with van der Waals surface area (Å²) in [7, 11) is 5.69. The lowest BCUT2D eigenvalue weighted by Gasteiger charge is -2.15. The largest absolute Gasteiger partial charge is 0.377 e. The van der Waals surface area contributed by atoms with Gasteiger partial charge in [0.15, 0.2) is 5.82 Å².